The summed E-state index contributed by atoms with van der Waals surface area (Å²) in [7, 11) is 0. The molecule has 0 spiro atoms. The van der Waals surface area contributed by atoms with Gasteiger partial charge in [-0.1, -0.05) is 295 Å². The third-order valence-electron chi connectivity index (χ3n) is 13.4. The molecule has 0 aliphatic heterocycles. The minimum Gasteiger partial charge on any atom is -0.462 e. The maximum Gasteiger partial charge on any atom is 0.306 e. The molecule has 0 rings (SSSR count). The molecule has 0 amide bonds. The molecule has 0 saturated heterocycles. The molecule has 0 aliphatic carbocycles. The third-order valence-corrected chi connectivity index (χ3v) is 13.4. The summed E-state index contributed by atoms with van der Waals surface area (Å²) in [5.74, 6) is -0.611. The van der Waals surface area contributed by atoms with E-state index in [0.29, 0.717) is 12.8 Å². The van der Waals surface area contributed by atoms with Crippen molar-refractivity contribution in [3.05, 3.63) is 134 Å². The second kappa shape index (κ2) is 65.3. The van der Waals surface area contributed by atoms with Crippen molar-refractivity contribution in [1.82, 2.24) is 0 Å². The lowest BCUT2D eigenvalue weighted by molar-refractivity contribution is -0.161. The van der Waals surface area contributed by atoms with Crippen LogP contribution < -0.4 is 0 Å². The van der Waals surface area contributed by atoms with E-state index in [1.807, 2.05) is 0 Å². The highest BCUT2D eigenvalue weighted by Crippen LogP contribution is 2.17. The smallest absolute Gasteiger partial charge is 0.306 e. The average Bonchev–Trinajstić information content (AvgIpc) is 3.42. The molecule has 0 heterocycles. The van der Waals surface area contributed by atoms with Gasteiger partial charge in [-0.3, -0.25) is 9.59 Å². The Kier molecular flexibility index (Phi) is 61.9. The van der Waals surface area contributed by atoms with Gasteiger partial charge in [-0.05, 0) is 109 Å². The SMILES string of the molecule is CC/C=C\C/C=C\C/C=C\C/C=C\C/C=C\C/C=C\C/C=C\CCCCCCCC(=O)OC(CO)COC(=O)CCCCCCCCCCCCCCCCCCCCCCCC/C=C\C/C=C\C/C=C\C/C=C\CC. The first-order chi connectivity index (χ1) is 37.6. The molecule has 5 heteroatoms. The van der Waals surface area contributed by atoms with Gasteiger partial charge in [-0.25, -0.2) is 0 Å². The Morgan fingerprint density at radius 3 is 0.789 bits per heavy atom. The monoisotopic (exact) mass is 1050 g/mol. The summed E-state index contributed by atoms with van der Waals surface area (Å²) < 4.78 is 10.7. The molecule has 0 aromatic heterocycles. The maximum atomic E-state index is 12.3. The second-order valence-electron chi connectivity index (χ2n) is 20.7. The minimum atomic E-state index is -0.791. The molecule has 76 heavy (non-hydrogen) atoms. The van der Waals surface area contributed by atoms with Gasteiger partial charge in [0.2, 0.25) is 0 Å². The molecule has 1 unspecified atom stereocenters. The van der Waals surface area contributed by atoms with Crippen molar-refractivity contribution in [1.29, 1.82) is 0 Å². The van der Waals surface area contributed by atoms with Crippen LogP contribution in [0.5, 0.6) is 0 Å². The van der Waals surface area contributed by atoms with Crippen molar-refractivity contribution >= 4 is 11.9 Å². The Labute approximate surface area is 470 Å². The Morgan fingerprint density at radius 2 is 0.526 bits per heavy atom. The predicted octanol–water partition coefficient (Wildman–Crippen LogP) is 22.0. The normalized spacial score (nSPS) is 13.1. The fourth-order valence-electron chi connectivity index (χ4n) is 8.76. The molecule has 0 aromatic rings. The molecule has 0 radical (unpaired) electrons. The molecule has 1 atom stereocenters. The molecular weight excluding hydrogens is 933 g/mol. The van der Waals surface area contributed by atoms with Crippen LogP contribution in [0.2, 0.25) is 0 Å². The molecule has 0 fully saturated rings. The predicted molar refractivity (Wildman–Crippen MR) is 334 cm³/mol. The number of hydrogen-bond donors (Lipinski definition) is 1. The molecule has 432 valence electrons. The van der Waals surface area contributed by atoms with Crippen molar-refractivity contribution < 1.29 is 24.2 Å². The molecule has 0 aromatic carbocycles. The summed E-state index contributed by atoms with van der Waals surface area (Å²) in [6.07, 6.45) is 97.4. The van der Waals surface area contributed by atoms with Gasteiger partial charge in [0.05, 0.1) is 6.61 Å². The van der Waals surface area contributed by atoms with Crippen LogP contribution in [0.25, 0.3) is 0 Å². The largest absolute Gasteiger partial charge is 0.462 e. The average molecular weight is 1050 g/mol. The van der Waals surface area contributed by atoms with Crippen LogP contribution in [-0.4, -0.2) is 36.4 Å². The van der Waals surface area contributed by atoms with Gasteiger partial charge in [-0.15, -0.1) is 0 Å². The quantitative estimate of drug-likeness (QED) is 0.0373. The molecule has 0 aliphatic rings. The summed E-state index contributed by atoms with van der Waals surface area (Å²) >= 11 is 0. The third kappa shape index (κ3) is 62.6. The number of unbranched alkanes of at least 4 members (excludes halogenated alkanes) is 27. The molecule has 1 N–H and O–H groups in total. The zero-order valence-corrected chi connectivity index (χ0v) is 49.5. The van der Waals surface area contributed by atoms with Crippen LogP contribution in [-0.2, 0) is 19.1 Å². The summed E-state index contributed by atoms with van der Waals surface area (Å²) in [5.41, 5.74) is 0. The van der Waals surface area contributed by atoms with Crippen molar-refractivity contribution in [2.75, 3.05) is 13.2 Å². The van der Waals surface area contributed by atoms with Gasteiger partial charge >= 0.3 is 11.9 Å². The van der Waals surface area contributed by atoms with Crippen molar-refractivity contribution in [3.63, 3.8) is 0 Å². The number of carbonyl (C=O) groups is 2. The van der Waals surface area contributed by atoms with E-state index in [-0.39, 0.29) is 25.2 Å². The highest BCUT2D eigenvalue weighted by molar-refractivity contribution is 5.70. The molecule has 0 bridgehead atoms. The lowest BCUT2D eigenvalue weighted by atomic mass is 10.0. The standard InChI is InChI=1S/C71H118O5/c1-3-5-7-9-11-13-15-17-19-21-23-25-27-29-31-32-33-34-35-36-37-38-40-41-43-45-47-49-51-53-55-57-59-61-63-65-70(73)75-68-69(67-72)76-71(74)66-64-62-60-58-56-54-52-50-48-46-44-42-39-30-28-26-24-22-20-18-16-14-12-10-8-6-4-2/h5-8,11-14,17-20,23-26,30,39,44,46,50,52,69,72H,3-4,9-10,15-16,21-22,27-29,31-38,40-43,45,47-49,51,53-68H2,1-2H3/b7-5-,8-6-,13-11-,14-12-,19-17-,20-18-,25-23-,26-24-,39-30-,46-44-,52-50-. The summed E-state index contributed by atoms with van der Waals surface area (Å²) in [5, 5.41) is 9.68. The van der Waals surface area contributed by atoms with E-state index in [4.69, 9.17) is 9.47 Å². The van der Waals surface area contributed by atoms with Crippen molar-refractivity contribution in [2.45, 2.75) is 290 Å². The topological polar surface area (TPSA) is 72.8 Å². The minimum absolute atomic E-state index is 0.0788. The van der Waals surface area contributed by atoms with E-state index in [2.05, 4.69) is 148 Å². The van der Waals surface area contributed by atoms with Crippen LogP contribution in [0.1, 0.15) is 284 Å². The van der Waals surface area contributed by atoms with Crippen LogP contribution in [0.3, 0.4) is 0 Å². The Morgan fingerprint density at radius 1 is 0.303 bits per heavy atom. The van der Waals surface area contributed by atoms with E-state index < -0.39 is 6.10 Å². The summed E-state index contributed by atoms with van der Waals surface area (Å²) in [6.45, 7) is 3.91. The van der Waals surface area contributed by atoms with Gasteiger partial charge in [0.25, 0.3) is 0 Å². The first kappa shape index (κ1) is 72.0. The highest BCUT2D eigenvalue weighted by Gasteiger charge is 2.16. The number of ether oxygens (including phenoxy) is 2. The Bertz CT molecular complexity index is 1570. The zero-order valence-electron chi connectivity index (χ0n) is 49.5. The fraction of sp³-hybridized carbons (Fsp3) is 0.662. The number of allylic oxidation sites excluding steroid dienone is 22. The van der Waals surface area contributed by atoms with E-state index in [9.17, 15) is 14.7 Å². The van der Waals surface area contributed by atoms with Gasteiger partial charge < -0.3 is 14.6 Å². The van der Waals surface area contributed by atoms with Gasteiger partial charge in [0, 0.05) is 12.8 Å². The van der Waals surface area contributed by atoms with Gasteiger partial charge in [-0.2, -0.15) is 0 Å². The first-order valence-electron chi connectivity index (χ1n) is 31.7. The number of hydrogen-bond acceptors (Lipinski definition) is 5. The van der Waals surface area contributed by atoms with Crippen LogP contribution in [0, 0.1) is 0 Å². The Hall–Kier alpha value is -3.96. The van der Waals surface area contributed by atoms with Crippen LogP contribution in [0.4, 0.5) is 0 Å². The van der Waals surface area contributed by atoms with Crippen molar-refractivity contribution in [2.24, 2.45) is 0 Å². The lowest BCUT2D eigenvalue weighted by Crippen LogP contribution is -2.28. The number of aliphatic hydroxyl groups excluding tert-OH is 1. The van der Waals surface area contributed by atoms with Crippen LogP contribution in [0.15, 0.2) is 134 Å². The van der Waals surface area contributed by atoms with E-state index >= 15 is 0 Å². The van der Waals surface area contributed by atoms with Gasteiger partial charge in [0.15, 0.2) is 6.10 Å². The summed E-state index contributed by atoms with van der Waals surface area (Å²) in [6, 6.07) is 0. The Balaban J connectivity index is 3.51. The van der Waals surface area contributed by atoms with E-state index in [1.165, 1.54) is 128 Å². The second-order valence-corrected chi connectivity index (χ2v) is 20.7. The number of rotatable bonds is 57. The first-order valence-corrected chi connectivity index (χ1v) is 31.7. The van der Waals surface area contributed by atoms with Gasteiger partial charge in [0.1, 0.15) is 6.61 Å². The van der Waals surface area contributed by atoms with Crippen LogP contribution >= 0.6 is 0 Å². The maximum absolute atomic E-state index is 12.3. The van der Waals surface area contributed by atoms with E-state index in [0.717, 1.165) is 128 Å². The number of carbonyl (C=O) groups excluding carboxylic acids is 2. The van der Waals surface area contributed by atoms with Crippen molar-refractivity contribution in [3.8, 4) is 0 Å². The summed E-state index contributed by atoms with van der Waals surface area (Å²) in [4.78, 5) is 24.6. The van der Waals surface area contributed by atoms with E-state index in [1.54, 1.807) is 0 Å². The molecule has 0 saturated carbocycles. The zero-order chi connectivity index (χ0) is 54.8. The fourth-order valence-corrected chi connectivity index (χ4v) is 8.76. The molecule has 5 nitrogen and oxygen atoms in total. The lowest BCUT2D eigenvalue weighted by Gasteiger charge is -2.15. The number of esters is 2. The molecular formula is C71H118O5. The number of aliphatic hydroxyl groups is 1. The highest BCUT2D eigenvalue weighted by atomic mass is 16.6.